The van der Waals surface area contributed by atoms with Crippen LogP contribution in [0.5, 0.6) is 0 Å². The Morgan fingerprint density at radius 3 is 1.83 bits per heavy atom. The molecule has 0 saturated heterocycles. The van der Waals surface area contributed by atoms with Crippen molar-refractivity contribution in [1.82, 2.24) is 16.0 Å². The molecule has 9 nitrogen and oxygen atoms in total. The number of amides is 3. The second-order valence-corrected chi connectivity index (χ2v) is 7.55. The number of rotatable bonds is 13. The molecule has 2 atom stereocenters. The van der Waals surface area contributed by atoms with Gasteiger partial charge in [0.05, 0.1) is 6.04 Å². The molecule has 0 heterocycles. The molecule has 0 unspecified atom stereocenters. The summed E-state index contributed by atoms with van der Waals surface area (Å²) in [6.07, 6.45) is -10.7. The van der Waals surface area contributed by atoms with Gasteiger partial charge in [0.1, 0.15) is 12.6 Å². The van der Waals surface area contributed by atoms with Crippen LogP contribution in [0.4, 0.5) is 26.3 Å². The van der Waals surface area contributed by atoms with E-state index < -0.39 is 61.2 Å². The number of carbonyl (C=O) groups excluding carboxylic acids is 4. The molecular weight excluding hydrogens is 502 g/mol. The molecule has 1 aromatic rings. The lowest BCUT2D eigenvalue weighted by molar-refractivity contribution is -0.173. The highest BCUT2D eigenvalue weighted by molar-refractivity contribution is 5.87. The van der Waals surface area contributed by atoms with Gasteiger partial charge in [-0.15, -0.1) is 0 Å². The van der Waals surface area contributed by atoms with E-state index >= 15 is 0 Å². The maximum absolute atomic E-state index is 12.5. The molecule has 0 radical (unpaired) electrons. The van der Waals surface area contributed by atoms with Gasteiger partial charge in [-0.1, -0.05) is 30.3 Å². The van der Waals surface area contributed by atoms with E-state index in [0.717, 1.165) is 0 Å². The number of hydrogen-bond acceptors (Lipinski definition) is 6. The van der Waals surface area contributed by atoms with Crippen LogP contribution in [-0.4, -0.2) is 61.2 Å². The fourth-order valence-corrected chi connectivity index (χ4v) is 2.72. The van der Waals surface area contributed by atoms with E-state index in [1.807, 2.05) is 0 Å². The summed E-state index contributed by atoms with van der Waals surface area (Å²) in [7, 11) is 0. The van der Waals surface area contributed by atoms with Crippen molar-refractivity contribution in [3.63, 3.8) is 0 Å². The summed E-state index contributed by atoms with van der Waals surface area (Å²) in [6, 6.07) is 5.88. The van der Waals surface area contributed by atoms with Crippen LogP contribution in [0.3, 0.4) is 0 Å². The lowest BCUT2D eigenvalue weighted by Gasteiger charge is -2.20. The van der Waals surface area contributed by atoms with Crippen LogP contribution in [0.15, 0.2) is 30.3 Å². The third kappa shape index (κ3) is 11.9. The van der Waals surface area contributed by atoms with Crippen molar-refractivity contribution in [2.45, 2.75) is 56.7 Å². The molecule has 1 aromatic carbocycles. The zero-order valence-corrected chi connectivity index (χ0v) is 18.9. The van der Waals surface area contributed by atoms with Gasteiger partial charge in [-0.2, -0.15) is 26.3 Å². The van der Waals surface area contributed by atoms with Crippen molar-refractivity contribution in [3.8, 4) is 0 Å². The first-order valence-electron chi connectivity index (χ1n) is 10.7. The second-order valence-electron chi connectivity index (χ2n) is 7.55. The Labute approximate surface area is 202 Å². The Hall–Kier alpha value is -3.36. The minimum atomic E-state index is -5.07. The average Bonchev–Trinajstić information content (AvgIpc) is 2.80. The van der Waals surface area contributed by atoms with Crippen molar-refractivity contribution in [2.24, 2.45) is 5.73 Å². The first kappa shape index (κ1) is 30.7. The summed E-state index contributed by atoms with van der Waals surface area (Å²) < 4.78 is 78.5. The highest BCUT2D eigenvalue weighted by Crippen LogP contribution is 2.15. The minimum absolute atomic E-state index is 0.0804. The number of benzene rings is 1. The Bertz CT molecular complexity index is 880. The fourth-order valence-electron chi connectivity index (χ4n) is 2.72. The van der Waals surface area contributed by atoms with Gasteiger partial charge >= 0.3 is 30.1 Å². The normalized spacial score (nSPS) is 13.3. The smallest absolute Gasteiger partial charge is 0.459 e. The lowest BCUT2D eigenvalue weighted by Crippen LogP contribution is -2.49. The third-order valence-corrected chi connectivity index (χ3v) is 4.61. The van der Waals surface area contributed by atoms with Crippen LogP contribution < -0.4 is 21.7 Å². The van der Waals surface area contributed by atoms with Gasteiger partial charge in [-0.25, -0.2) is 4.79 Å². The monoisotopic (exact) mass is 528 g/mol. The Kier molecular flexibility index (Phi) is 12.1. The average molecular weight is 528 g/mol. The zero-order chi connectivity index (χ0) is 27.4. The van der Waals surface area contributed by atoms with Crippen LogP contribution in [0.25, 0.3) is 0 Å². The number of hydrogen-bond donors (Lipinski definition) is 4. The van der Waals surface area contributed by atoms with Gasteiger partial charge in [-0.3, -0.25) is 14.4 Å². The number of alkyl halides is 6. The summed E-state index contributed by atoms with van der Waals surface area (Å²) in [5, 5.41) is 5.56. The first-order valence-corrected chi connectivity index (χ1v) is 10.7. The van der Waals surface area contributed by atoms with Gasteiger partial charge in [0, 0.05) is 13.1 Å². The number of nitrogens with one attached hydrogen (secondary N) is 3. The van der Waals surface area contributed by atoms with E-state index in [-0.39, 0.29) is 32.3 Å². The van der Waals surface area contributed by atoms with Gasteiger partial charge in [0.15, 0.2) is 0 Å². The number of carbonyl (C=O) groups is 4. The van der Waals surface area contributed by atoms with E-state index in [9.17, 15) is 45.5 Å². The molecule has 36 heavy (non-hydrogen) atoms. The van der Waals surface area contributed by atoms with Gasteiger partial charge in [-0.05, 0) is 31.2 Å². The first-order chi connectivity index (χ1) is 16.7. The maximum Gasteiger partial charge on any atom is 0.471 e. The zero-order valence-electron chi connectivity index (χ0n) is 18.9. The molecule has 0 aliphatic heterocycles. The topological polar surface area (TPSA) is 140 Å². The molecule has 0 bridgehead atoms. The quantitative estimate of drug-likeness (QED) is 0.174. The second kappa shape index (κ2) is 14.3. The molecular formula is C21H26F6N4O5. The maximum atomic E-state index is 12.5. The highest BCUT2D eigenvalue weighted by atomic mass is 19.4. The van der Waals surface area contributed by atoms with Crippen molar-refractivity contribution in [2.75, 3.05) is 13.1 Å². The van der Waals surface area contributed by atoms with Crippen molar-refractivity contribution < 1.29 is 50.3 Å². The molecule has 1 rings (SSSR count). The van der Waals surface area contributed by atoms with E-state index in [1.54, 1.807) is 41.0 Å². The van der Waals surface area contributed by atoms with E-state index in [4.69, 9.17) is 10.5 Å². The Balaban J connectivity index is 2.63. The summed E-state index contributed by atoms with van der Waals surface area (Å²) in [6.45, 7) is -0.996. The molecule has 0 spiro atoms. The largest absolute Gasteiger partial charge is 0.471 e. The minimum Gasteiger partial charge on any atom is -0.459 e. The number of halogens is 6. The Morgan fingerprint density at radius 2 is 1.33 bits per heavy atom. The highest BCUT2D eigenvalue weighted by Gasteiger charge is 2.39. The third-order valence-electron chi connectivity index (χ3n) is 4.61. The van der Waals surface area contributed by atoms with Gasteiger partial charge in [0.2, 0.25) is 5.91 Å². The van der Waals surface area contributed by atoms with Crippen LogP contribution >= 0.6 is 0 Å². The molecule has 15 heteroatoms. The fraction of sp³-hybridized carbons (Fsp3) is 0.524. The SMILES string of the molecule is N[C@@H](CCCNC(=O)C(F)(F)F)C(=O)N[C@@H](CCCNC(=O)C(F)(F)F)C(=O)OCc1ccccc1. The predicted molar refractivity (Wildman–Crippen MR) is 113 cm³/mol. The van der Waals surface area contributed by atoms with Gasteiger partial charge < -0.3 is 26.4 Å². The van der Waals surface area contributed by atoms with Crippen LogP contribution in [0.1, 0.15) is 31.2 Å². The van der Waals surface area contributed by atoms with Crippen molar-refractivity contribution >= 4 is 23.7 Å². The Morgan fingerprint density at radius 1 is 0.833 bits per heavy atom. The van der Waals surface area contributed by atoms with Crippen LogP contribution in [0, 0.1) is 0 Å². The summed E-state index contributed by atoms with van der Waals surface area (Å²) in [5.41, 5.74) is 6.33. The number of ether oxygens (including phenoxy) is 1. The van der Waals surface area contributed by atoms with E-state index in [2.05, 4.69) is 5.32 Å². The number of nitrogens with two attached hydrogens (primary N) is 1. The predicted octanol–water partition coefficient (Wildman–Crippen LogP) is 1.46. The summed E-state index contributed by atoms with van der Waals surface area (Å²) in [5.74, 6) is -6.06. The molecule has 5 N–H and O–H groups in total. The summed E-state index contributed by atoms with van der Waals surface area (Å²) in [4.78, 5) is 46.5. The van der Waals surface area contributed by atoms with Gasteiger partial charge in [0.25, 0.3) is 0 Å². The molecule has 202 valence electrons. The molecule has 0 aromatic heterocycles. The standard InChI is InChI=1S/C21H26F6N4O5/c22-20(23,24)18(34)29-10-4-8-14(28)16(32)31-15(9-5-11-30-19(35)21(25,26)27)17(33)36-12-13-6-2-1-3-7-13/h1-3,6-7,14-15H,4-5,8-12,28H2,(H,29,34)(H,30,35)(H,31,32)/t14-,15-/m0/s1. The van der Waals surface area contributed by atoms with E-state index in [1.165, 1.54) is 0 Å². The van der Waals surface area contributed by atoms with Crippen molar-refractivity contribution in [3.05, 3.63) is 35.9 Å². The molecule has 0 saturated carbocycles. The van der Waals surface area contributed by atoms with Crippen LogP contribution in [0.2, 0.25) is 0 Å². The number of esters is 1. The van der Waals surface area contributed by atoms with Crippen molar-refractivity contribution in [1.29, 1.82) is 0 Å². The molecule has 0 aliphatic rings. The van der Waals surface area contributed by atoms with E-state index in [0.29, 0.717) is 5.56 Å². The molecule has 3 amide bonds. The molecule has 0 aliphatic carbocycles. The lowest BCUT2D eigenvalue weighted by atomic mass is 10.1. The van der Waals surface area contributed by atoms with Crippen LogP contribution in [-0.2, 0) is 30.5 Å². The summed E-state index contributed by atoms with van der Waals surface area (Å²) >= 11 is 0. The molecule has 0 fully saturated rings.